The first kappa shape index (κ1) is 20.1. The molecular weight excluding hydrogens is 354 g/mol. The summed E-state index contributed by atoms with van der Waals surface area (Å²) >= 11 is 0. The maximum Gasteiger partial charge on any atom is 0.338 e. The van der Waals surface area contributed by atoms with Crippen LogP contribution in [0.4, 0.5) is 0 Å². The van der Waals surface area contributed by atoms with Crippen LogP contribution in [0.15, 0.2) is 48.7 Å². The molecule has 0 radical (unpaired) electrons. The molecule has 0 unspecified atom stereocenters. The van der Waals surface area contributed by atoms with Crippen molar-refractivity contribution < 1.29 is 14.4 Å². The Balaban J connectivity index is 1.53. The fourth-order valence-corrected chi connectivity index (χ4v) is 3.14. The molecule has 1 aliphatic rings. The van der Waals surface area contributed by atoms with Gasteiger partial charge in [-0.05, 0) is 51.3 Å². The molecule has 28 heavy (non-hydrogen) atoms. The number of piperidine rings is 1. The summed E-state index contributed by atoms with van der Waals surface area (Å²) < 4.78 is 1.29. The number of rotatable bonds is 5. The van der Waals surface area contributed by atoms with Crippen LogP contribution in [0.3, 0.4) is 0 Å². The van der Waals surface area contributed by atoms with Crippen LogP contribution in [0.2, 0.25) is 0 Å². The van der Waals surface area contributed by atoms with Crippen LogP contribution >= 0.6 is 0 Å². The van der Waals surface area contributed by atoms with Crippen LogP contribution < -0.4 is 10.2 Å². The van der Waals surface area contributed by atoms with Gasteiger partial charge in [-0.25, -0.2) is 4.79 Å². The van der Waals surface area contributed by atoms with Gasteiger partial charge in [0.05, 0.1) is 5.41 Å². The molecule has 1 fully saturated rings. The molecule has 1 aromatic carbocycles. The van der Waals surface area contributed by atoms with Crippen LogP contribution in [-0.2, 0) is 11.3 Å². The summed E-state index contributed by atoms with van der Waals surface area (Å²) in [5.41, 5.74) is 1.01. The molecule has 1 aromatic heterocycles. The molecule has 1 N–H and O–H groups in total. The summed E-state index contributed by atoms with van der Waals surface area (Å²) in [6, 6.07) is 14.1. The molecule has 2 heterocycles. The fraction of sp³-hybridized carbons (Fsp3) is 0.455. The molecule has 0 bridgehead atoms. The van der Waals surface area contributed by atoms with E-state index in [1.54, 1.807) is 39.1 Å². The van der Waals surface area contributed by atoms with E-state index in [0.717, 1.165) is 19.4 Å². The lowest BCUT2D eigenvalue weighted by Crippen LogP contribution is -2.45. The Morgan fingerprint density at radius 2 is 1.75 bits per heavy atom. The van der Waals surface area contributed by atoms with Gasteiger partial charge in [0.2, 0.25) is 0 Å². The van der Waals surface area contributed by atoms with Crippen molar-refractivity contribution in [3.05, 3.63) is 59.9 Å². The Morgan fingerprint density at radius 3 is 2.39 bits per heavy atom. The molecule has 1 saturated heterocycles. The number of likely N-dealkylation sites (tertiary alicyclic amines) is 1. The minimum Gasteiger partial charge on any atom is -0.337 e. The number of carbonyl (C=O) groups is 2. The standard InChI is InChI=1S/C22H29N3O3/c1-22(2,3)21(27)28-25-13-7-10-19(25)20(26)24-14-11-18(12-15-24)23-16-17-8-5-4-6-9-17/h4-10,13,18,23H,11-12,14-16H2,1-3H3. The van der Waals surface area contributed by atoms with Crippen molar-refractivity contribution in [2.45, 2.75) is 46.2 Å². The van der Waals surface area contributed by atoms with Gasteiger partial charge in [-0.15, -0.1) is 0 Å². The maximum absolute atomic E-state index is 12.9. The third-order valence-corrected chi connectivity index (χ3v) is 4.95. The minimum atomic E-state index is -0.632. The molecule has 150 valence electrons. The number of amides is 1. The van der Waals surface area contributed by atoms with Gasteiger partial charge in [0.1, 0.15) is 5.69 Å². The Bertz CT molecular complexity index is 800. The largest absolute Gasteiger partial charge is 0.338 e. The summed E-state index contributed by atoms with van der Waals surface area (Å²) in [5, 5.41) is 3.57. The van der Waals surface area contributed by atoms with E-state index in [1.807, 2.05) is 23.1 Å². The average Bonchev–Trinajstić information content (AvgIpc) is 3.14. The van der Waals surface area contributed by atoms with Crippen molar-refractivity contribution >= 4 is 11.9 Å². The third kappa shape index (κ3) is 5.01. The van der Waals surface area contributed by atoms with Gasteiger partial charge in [0.25, 0.3) is 5.91 Å². The summed E-state index contributed by atoms with van der Waals surface area (Å²) in [6.07, 6.45) is 3.41. The monoisotopic (exact) mass is 383 g/mol. The molecule has 0 aliphatic carbocycles. The van der Waals surface area contributed by atoms with Gasteiger partial charge in [0.15, 0.2) is 0 Å². The number of nitrogens with one attached hydrogen (secondary N) is 1. The van der Waals surface area contributed by atoms with Crippen molar-refractivity contribution in [2.75, 3.05) is 13.1 Å². The molecule has 0 atom stereocenters. The fourth-order valence-electron chi connectivity index (χ4n) is 3.14. The highest BCUT2D eigenvalue weighted by atomic mass is 16.7. The number of benzene rings is 1. The van der Waals surface area contributed by atoms with Gasteiger partial charge in [-0.3, -0.25) is 4.79 Å². The second-order valence-electron chi connectivity index (χ2n) is 8.28. The van der Waals surface area contributed by atoms with Crippen molar-refractivity contribution in [1.29, 1.82) is 0 Å². The molecule has 3 rings (SSSR count). The summed E-state index contributed by atoms with van der Waals surface area (Å²) in [6.45, 7) is 7.56. The van der Waals surface area contributed by atoms with Crippen molar-refractivity contribution in [1.82, 2.24) is 14.9 Å². The third-order valence-electron chi connectivity index (χ3n) is 4.95. The Morgan fingerprint density at radius 1 is 1.07 bits per heavy atom. The van der Waals surface area contributed by atoms with Crippen LogP contribution in [0.25, 0.3) is 0 Å². The summed E-state index contributed by atoms with van der Waals surface area (Å²) in [7, 11) is 0. The quantitative estimate of drug-likeness (QED) is 0.862. The zero-order chi connectivity index (χ0) is 20.1. The lowest BCUT2D eigenvalue weighted by Gasteiger charge is -2.32. The van der Waals surface area contributed by atoms with E-state index in [-0.39, 0.29) is 11.9 Å². The van der Waals surface area contributed by atoms with Gasteiger partial charge in [0, 0.05) is 31.9 Å². The van der Waals surface area contributed by atoms with Crippen molar-refractivity contribution in [3.8, 4) is 0 Å². The van der Waals surface area contributed by atoms with Gasteiger partial charge in [-0.2, -0.15) is 4.73 Å². The highest BCUT2D eigenvalue weighted by molar-refractivity contribution is 5.93. The first-order valence-electron chi connectivity index (χ1n) is 9.81. The number of hydrogen-bond donors (Lipinski definition) is 1. The predicted octanol–water partition coefficient (Wildman–Crippen LogP) is 2.88. The summed E-state index contributed by atoms with van der Waals surface area (Å²) in [5.74, 6) is -0.477. The normalized spacial score (nSPS) is 15.5. The van der Waals surface area contributed by atoms with E-state index in [1.165, 1.54) is 10.3 Å². The molecular formula is C22H29N3O3. The second kappa shape index (κ2) is 8.61. The van der Waals surface area contributed by atoms with E-state index in [0.29, 0.717) is 24.8 Å². The van der Waals surface area contributed by atoms with Crippen LogP contribution in [-0.4, -0.2) is 40.6 Å². The maximum atomic E-state index is 12.9. The Labute approximate surface area is 166 Å². The Hall–Kier alpha value is -2.60. The van der Waals surface area contributed by atoms with E-state index < -0.39 is 5.41 Å². The second-order valence-corrected chi connectivity index (χ2v) is 8.28. The highest BCUT2D eigenvalue weighted by Gasteiger charge is 2.28. The van der Waals surface area contributed by atoms with Crippen molar-refractivity contribution in [3.63, 3.8) is 0 Å². The van der Waals surface area contributed by atoms with Crippen molar-refractivity contribution in [2.24, 2.45) is 5.41 Å². The zero-order valence-electron chi connectivity index (χ0n) is 16.9. The lowest BCUT2D eigenvalue weighted by molar-refractivity contribution is -0.153. The zero-order valence-corrected chi connectivity index (χ0v) is 16.9. The molecule has 6 nitrogen and oxygen atoms in total. The number of aromatic nitrogens is 1. The molecule has 1 aliphatic heterocycles. The SMILES string of the molecule is CC(C)(C)C(=O)On1cccc1C(=O)N1CCC(NCc2ccccc2)CC1. The van der Waals surface area contributed by atoms with Gasteiger partial charge >= 0.3 is 5.97 Å². The van der Waals surface area contributed by atoms with Crippen LogP contribution in [0.5, 0.6) is 0 Å². The first-order valence-corrected chi connectivity index (χ1v) is 9.81. The van der Waals surface area contributed by atoms with E-state index in [2.05, 4.69) is 17.4 Å². The predicted molar refractivity (Wildman–Crippen MR) is 108 cm³/mol. The highest BCUT2D eigenvalue weighted by Crippen LogP contribution is 2.17. The molecule has 1 amide bonds. The Kier molecular flexibility index (Phi) is 6.19. The molecule has 0 saturated carbocycles. The van der Waals surface area contributed by atoms with Gasteiger partial charge in [-0.1, -0.05) is 30.3 Å². The van der Waals surface area contributed by atoms with Crippen LogP contribution in [0, 0.1) is 5.41 Å². The molecule has 2 aromatic rings. The van der Waals surface area contributed by atoms with E-state index in [9.17, 15) is 9.59 Å². The molecule has 0 spiro atoms. The first-order chi connectivity index (χ1) is 13.3. The summed E-state index contributed by atoms with van der Waals surface area (Å²) in [4.78, 5) is 32.3. The average molecular weight is 383 g/mol. The minimum absolute atomic E-state index is 0.104. The molecule has 6 heteroatoms. The lowest BCUT2D eigenvalue weighted by atomic mass is 9.98. The number of nitrogens with zero attached hydrogens (tertiary/aromatic N) is 2. The van der Waals surface area contributed by atoms with E-state index in [4.69, 9.17) is 4.84 Å². The van der Waals surface area contributed by atoms with E-state index >= 15 is 0 Å². The van der Waals surface area contributed by atoms with Crippen LogP contribution in [0.1, 0.15) is 49.7 Å². The van der Waals surface area contributed by atoms with Gasteiger partial charge < -0.3 is 15.1 Å². The number of hydrogen-bond acceptors (Lipinski definition) is 4. The topological polar surface area (TPSA) is 63.6 Å². The smallest absolute Gasteiger partial charge is 0.337 e. The number of carbonyl (C=O) groups excluding carboxylic acids is 2.